The van der Waals surface area contributed by atoms with Gasteiger partial charge in [0, 0.05) is 50.9 Å². The van der Waals surface area contributed by atoms with Crippen molar-refractivity contribution in [1.29, 1.82) is 0 Å². The summed E-state index contributed by atoms with van der Waals surface area (Å²) in [7, 11) is 1.71. The first-order chi connectivity index (χ1) is 15.2. The van der Waals surface area contributed by atoms with Gasteiger partial charge in [0.15, 0.2) is 0 Å². The number of ether oxygens (including phenoxy) is 3. The molecule has 1 atom stereocenters. The molecule has 0 bridgehead atoms. The minimum Gasteiger partial charge on any atom is -0.496 e. The molecule has 3 heterocycles. The van der Waals surface area contributed by atoms with E-state index in [1.807, 2.05) is 18.2 Å². The van der Waals surface area contributed by atoms with Gasteiger partial charge in [0.1, 0.15) is 5.75 Å². The van der Waals surface area contributed by atoms with Crippen molar-refractivity contribution >= 4 is 12.0 Å². The van der Waals surface area contributed by atoms with Crippen LogP contribution in [0.1, 0.15) is 44.1 Å². The fourth-order valence-corrected chi connectivity index (χ4v) is 5.00. The molecule has 0 aliphatic carbocycles. The Labute approximate surface area is 185 Å². The van der Waals surface area contributed by atoms with Gasteiger partial charge in [0.05, 0.1) is 18.8 Å². The van der Waals surface area contributed by atoms with Crippen LogP contribution >= 0.6 is 0 Å². The number of carbonyl (C=O) groups is 1. The minimum atomic E-state index is 0.0109. The summed E-state index contributed by atoms with van der Waals surface area (Å²) in [6, 6.07) is 8.09. The molecule has 0 saturated carbocycles. The van der Waals surface area contributed by atoms with Gasteiger partial charge >= 0.3 is 0 Å². The van der Waals surface area contributed by atoms with Crippen molar-refractivity contribution in [2.24, 2.45) is 5.92 Å². The van der Waals surface area contributed by atoms with E-state index >= 15 is 0 Å². The van der Waals surface area contributed by atoms with E-state index in [1.165, 1.54) is 0 Å². The van der Waals surface area contributed by atoms with Crippen molar-refractivity contribution in [3.63, 3.8) is 0 Å². The summed E-state index contributed by atoms with van der Waals surface area (Å²) < 4.78 is 17.2. The van der Waals surface area contributed by atoms with Crippen LogP contribution in [0.15, 0.2) is 30.3 Å². The van der Waals surface area contributed by atoms with E-state index in [0.717, 1.165) is 69.5 Å². The summed E-state index contributed by atoms with van der Waals surface area (Å²) in [5, 5.41) is 3.13. The van der Waals surface area contributed by atoms with Gasteiger partial charge in [0.25, 0.3) is 0 Å². The second kappa shape index (κ2) is 10.6. The van der Waals surface area contributed by atoms with Gasteiger partial charge in [-0.05, 0) is 44.6 Å². The molecule has 0 radical (unpaired) electrons. The van der Waals surface area contributed by atoms with Crippen molar-refractivity contribution in [2.75, 3.05) is 46.5 Å². The number of benzene rings is 1. The van der Waals surface area contributed by atoms with Crippen molar-refractivity contribution in [1.82, 2.24) is 10.2 Å². The number of carbonyl (C=O) groups excluding carboxylic acids is 1. The molecule has 170 valence electrons. The molecule has 3 saturated heterocycles. The van der Waals surface area contributed by atoms with Crippen LogP contribution in [0.2, 0.25) is 0 Å². The lowest BCUT2D eigenvalue weighted by molar-refractivity contribution is -0.129. The summed E-state index contributed by atoms with van der Waals surface area (Å²) in [6.07, 6.45) is 10.5. The molecule has 6 nitrogen and oxygen atoms in total. The first-order valence-corrected chi connectivity index (χ1v) is 11.7. The maximum atomic E-state index is 12.4. The van der Waals surface area contributed by atoms with Crippen molar-refractivity contribution in [3.8, 4) is 5.75 Å². The number of para-hydroxylation sites is 1. The van der Waals surface area contributed by atoms with Crippen LogP contribution in [0.4, 0.5) is 0 Å². The van der Waals surface area contributed by atoms with Gasteiger partial charge in [-0.2, -0.15) is 0 Å². The summed E-state index contributed by atoms with van der Waals surface area (Å²) in [6.45, 7) is 5.09. The Morgan fingerprint density at radius 2 is 1.97 bits per heavy atom. The average Bonchev–Trinajstić information content (AvgIpc) is 3.22. The van der Waals surface area contributed by atoms with Crippen LogP contribution in [0.5, 0.6) is 5.75 Å². The SMILES string of the molecule is COc1ccccc1/C=C/CN1CCC2(CC[C@H](CNC(=O)C3CCOCC3)O2)CC1. The van der Waals surface area contributed by atoms with E-state index in [2.05, 4.69) is 28.4 Å². The minimum absolute atomic E-state index is 0.0109. The molecule has 31 heavy (non-hydrogen) atoms. The molecule has 3 aliphatic rings. The summed E-state index contributed by atoms with van der Waals surface area (Å²) in [4.78, 5) is 14.9. The Morgan fingerprint density at radius 3 is 2.74 bits per heavy atom. The number of rotatable bonds is 7. The lowest BCUT2D eigenvalue weighted by Gasteiger charge is -2.39. The quantitative estimate of drug-likeness (QED) is 0.722. The van der Waals surface area contributed by atoms with Crippen molar-refractivity contribution in [3.05, 3.63) is 35.9 Å². The number of hydrogen-bond donors (Lipinski definition) is 1. The van der Waals surface area contributed by atoms with Gasteiger partial charge in [-0.1, -0.05) is 30.4 Å². The van der Waals surface area contributed by atoms with E-state index in [4.69, 9.17) is 14.2 Å². The van der Waals surface area contributed by atoms with E-state index in [0.29, 0.717) is 19.8 Å². The second-order valence-electron chi connectivity index (χ2n) is 9.04. The Morgan fingerprint density at radius 1 is 1.19 bits per heavy atom. The Hall–Kier alpha value is -1.89. The molecule has 1 amide bonds. The first-order valence-electron chi connectivity index (χ1n) is 11.7. The molecular weight excluding hydrogens is 392 g/mol. The molecule has 1 N–H and O–H groups in total. The van der Waals surface area contributed by atoms with Crippen LogP contribution in [0.3, 0.4) is 0 Å². The van der Waals surface area contributed by atoms with Crippen LogP contribution in [0.25, 0.3) is 6.08 Å². The van der Waals surface area contributed by atoms with Gasteiger partial charge in [-0.3, -0.25) is 9.69 Å². The summed E-state index contributed by atoms with van der Waals surface area (Å²) >= 11 is 0. The van der Waals surface area contributed by atoms with Gasteiger partial charge < -0.3 is 19.5 Å². The smallest absolute Gasteiger partial charge is 0.223 e. The fourth-order valence-electron chi connectivity index (χ4n) is 5.00. The second-order valence-corrected chi connectivity index (χ2v) is 9.04. The molecule has 0 aromatic heterocycles. The maximum absolute atomic E-state index is 12.4. The fraction of sp³-hybridized carbons (Fsp3) is 0.640. The Balaban J connectivity index is 1.18. The standard InChI is InChI=1S/C25H36N2O4/c1-29-23-7-3-2-5-20(23)6-4-14-27-15-12-25(13-16-27)11-8-22(31-25)19-26-24(28)21-9-17-30-18-10-21/h2-7,21-22H,8-19H2,1H3,(H,26,28)/b6-4+/t22-/m1/s1. The van der Waals surface area contributed by atoms with Gasteiger partial charge in [0.2, 0.25) is 5.91 Å². The predicted octanol–water partition coefficient (Wildman–Crippen LogP) is 3.26. The van der Waals surface area contributed by atoms with Crippen LogP contribution in [-0.4, -0.2) is 69.0 Å². The van der Waals surface area contributed by atoms with E-state index in [9.17, 15) is 4.79 Å². The monoisotopic (exact) mass is 428 g/mol. The largest absolute Gasteiger partial charge is 0.496 e. The highest BCUT2D eigenvalue weighted by Crippen LogP contribution is 2.38. The van der Waals surface area contributed by atoms with Gasteiger partial charge in [-0.15, -0.1) is 0 Å². The van der Waals surface area contributed by atoms with Crippen LogP contribution < -0.4 is 10.1 Å². The normalized spacial score (nSPS) is 24.6. The van der Waals surface area contributed by atoms with Crippen molar-refractivity contribution < 1.29 is 19.0 Å². The zero-order valence-corrected chi connectivity index (χ0v) is 18.7. The van der Waals surface area contributed by atoms with E-state index in [-0.39, 0.29) is 23.5 Å². The Bertz CT molecular complexity index is 752. The van der Waals surface area contributed by atoms with Crippen LogP contribution in [0, 0.1) is 5.92 Å². The van der Waals surface area contributed by atoms with Crippen LogP contribution in [-0.2, 0) is 14.3 Å². The number of piperidine rings is 1. The highest BCUT2D eigenvalue weighted by atomic mass is 16.5. The molecule has 3 fully saturated rings. The Kier molecular flexibility index (Phi) is 7.64. The predicted molar refractivity (Wildman–Crippen MR) is 121 cm³/mol. The molecule has 4 rings (SSSR count). The highest BCUT2D eigenvalue weighted by molar-refractivity contribution is 5.78. The number of nitrogens with one attached hydrogen (secondary N) is 1. The average molecular weight is 429 g/mol. The molecule has 1 spiro atoms. The summed E-state index contributed by atoms with van der Waals surface area (Å²) in [5.74, 6) is 1.19. The maximum Gasteiger partial charge on any atom is 0.223 e. The molecule has 1 aromatic rings. The van der Waals surface area contributed by atoms with E-state index in [1.54, 1.807) is 7.11 Å². The zero-order chi connectivity index (χ0) is 21.5. The molecule has 0 unspecified atom stereocenters. The highest BCUT2D eigenvalue weighted by Gasteiger charge is 2.42. The summed E-state index contributed by atoms with van der Waals surface area (Å²) in [5.41, 5.74) is 1.12. The molecule has 3 aliphatic heterocycles. The lowest BCUT2D eigenvalue weighted by atomic mass is 9.88. The zero-order valence-electron chi connectivity index (χ0n) is 18.7. The molecule has 1 aromatic carbocycles. The molecule has 6 heteroatoms. The third-order valence-electron chi connectivity index (χ3n) is 7.00. The number of hydrogen-bond acceptors (Lipinski definition) is 5. The number of methoxy groups -OCH3 is 1. The number of nitrogens with zero attached hydrogens (tertiary/aromatic N) is 1. The number of amides is 1. The van der Waals surface area contributed by atoms with Gasteiger partial charge in [-0.25, -0.2) is 0 Å². The first kappa shape index (κ1) is 22.3. The third kappa shape index (κ3) is 5.88. The topological polar surface area (TPSA) is 60.0 Å². The number of likely N-dealkylation sites (tertiary alicyclic amines) is 1. The van der Waals surface area contributed by atoms with E-state index < -0.39 is 0 Å². The molecular formula is C25H36N2O4. The van der Waals surface area contributed by atoms with Crippen molar-refractivity contribution in [2.45, 2.75) is 50.2 Å². The lowest BCUT2D eigenvalue weighted by Crippen LogP contribution is -2.45. The third-order valence-corrected chi connectivity index (χ3v) is 7.00.